The van der Waals surface area contributed by atoms with Crippen LogP contribution in [0.15, 0.2) is 54.6 Å². The number of hydrogen-bond acceptors (Lipinski definition) is 2. The Morgan fingerprint density at radius 1 is 0.958 bits per heavy atom. The molecule has 0 saturated heterocycles. The number of carboxylic acids is 1. The minimum absolute atomic E-state index is 0.335. The van der Waals surface area contributed by atoms with Gasteiger partial charge in [-0.15, -0.1) is 0 Å². The summed E-state index contributed by atoms with van der Waals surface area (Å²) in [6.07, 6.45) is 0. The average Bonchev–Trinajstić information content (AvgIpc) is 2.86. The molecule has 0 saturated carbocycles. The van der Waals surface area contributed by atoms with Crippen LogP contribution < -0.4 is 4.74 Å². The zero-order chi connectivity index (χ0) is 17.3. The van der Waals surface area contributed by atoms with E-state index < -0.39 is 5.97 Å². The van der Waals surface area contributed by atoms with Gasteiger partial charge in [0.2, 0.25) is 0 Å². The molecule has 0 amide bonds. The minimum atomic E-state index is -0.920. The van der Waals surface area contributed by atoms with Crippen LogP contribution in [-0.2, 0) is 0 Å². The molecule has 3 rings (SSSR count). The second-order valence-electron chi connectivity index (χ2n) is 5.63. The lowest BCUT2D eigenvalue weighted by Crippen LogP contribution is -2.02. The van der Waals surface area contributed by atoms with Crippen LogP contribution in [0.25, 0.3) is 16.8 Å². The molecule has 1 aromatic heterocycles. The quantitative estimate of drug-likeness (QED) is 0.771. The molecule has 122 valence electrons. The SMILES string of the molecule is COc1ccc(-c2c(C(=O)O)c(C)n(-c3ccccc3)c2C)cc1. The van der Waals surface area contributed by atoms with Crippen molar-refractivity contribution in [1.82, 2.24) is 4.57 Å². The van der Waals surface area contributed by atoms with E-state index in [9.17, 15) is 9.90 Å². The molecular formula is C20H19NO3. The lowest BCUT2D eigenvalue weighted by atomic mass is 10.0. The average molecular weight is 321 g/mol. The molecular weight excluding hydrogens is 302 g/mol. The van der Waals surface area contributed by atoms with Gasteiger partial charge < -0.3 is 14.4 Å². The maximum absolute atomic E-state index is 11.9. The molecule has 0 atom stereocenters. The summed E-state index contributed by atoms with van der Waals surface area (Å²) in [6.45, 7) is 3.79. The zero-order valence-electron chi connectivity index (χ0n) is 13.9. The number of carboxylic acid groups (broad SMARTS) is 1. The summed E-state index contributed by atoms with van der Waals surface area (Å²) in [5.74, 6) is -0.177. The highest BCUT2D eigenvalue weighted by Gasteiger charge is 2.24. The number of aromatic nitrogens is 1. The summed E-state index contributed by atoms with van der Waals surface area (Å²) in [4.78, 5) is 11.9. The molecule has 0 unspecified atom stereocenters. The van der Waals surface area contributed by atoms with E-state index in [2.05, 4.69) is 0 Å². The Hall–Kier alpha value is -3.01. The molecule has 0 aliphatic rings. The fraction of sp³-hybridized carbons (Fsp3) is 0.150. The van der Waals surface area contributed by atoms with Crippen molar-refractivity contribution in [3.63, 3.8) is 0 Å². The van der Waals surface area contributed by atoms with Crippen molar-refractivity contribution in [2.24, 2.45) is 0 Å². The fourth-order valence-corrected chi connectivity index (χ4v) is 3.17. The van der Waals surface area contributed by atoms with Crippen LogP contribution in [0.5, 0.6) is 5.75 Å². The van der Waals surface area contributed by atoms with Crippen molar-refractivity contribution in [2.75, 3.05) is 7.11 Å². The molecule has 1 N–H and O–H groups in total. The van der Waals surface area contributed by atoms with Gasteiger partial charge in [-0.25, -0.2) is 4.79 Å². The largest absolute Gasteiger partial charge is 0.497 e. The number of benzene rings is 2. The second-order valence-corrected chi connectivity index (χ2v) is 5.63. The molecule has 3 aromatic rings. The number of hydrogen-bond donors (Lipinski definition) is 1. The van der Waals surface area contributed by atoms with E-state index in [1.807, 2.05) is 73.0 Å². The highest BCUT2D eigenvalue weighted by Crippen LogP contribution is 2.35. The molecule has 0 aliphatic carbocycles. The number of carbonyl (C=O) groups is 1. The van der Waals surface area contributed by atoms with Gasteiger partial charge in [-0.2, -0.15) is 0 Å². The third kappa shape index (κ3) is 2.56. The number of nitrogens with zero attached hydrogens (tertiary/aromatic N) is 1. The second kappa shape index (κ2) is 6.24. The van der Waals surface area contributed by atoms with Gasteiger partial charge in [0.15, 0.2) is 0 Å². The minimum Gasteiger partial charge on any atom is -0.497 e. The molecule has 0 radical (unpaired) electrons. The first kappa shape index (κ1) is 15.9. The lowest BCUT2D eigenvalue weighted by molar-refractivity contribution is 0.0697. The smallest absolute Gasteiger partial charge is 0.338 e. The molecule has 4 nitrogen and oxygen atoms in total. The van der Waals surface area contributed by atoms with Crippen molar-refractivity contribution < 1.29 is 14.6 Å². The third-order valence-electron chi connectivity index (χ3n) is 4.25. The number of para-hydroxylation sites is 1. The van der Waals surface area contributed by atoms with E-state index in [4.69, 9.17) is 4.74 Å². The number of methoxy groups -OCH3 is 1. The van der Waals surface area contributed by atoms with Crippen LogP contribution in [0.2, 0.25) is 0 Å². The highest BCUT2D eigenvalue weighted by atomic mass is 16.5. The molecule has 0 aliphatic heterocycles. The maximum atomic E-state index is 11.9. The van der Waals surface area contributed by atoms with Crippen LogP contribution in [0.3, 0.4) is 0 Å². The molecule has 0 fully saturated rings. The number of rotatable bonds is 4. The predicted octanol–water partition coefficient (Wildman–Crippen LogP) is 4.47. The van der Waals surface area contributed by atoms with E-state index in [0.29, 0.717) is 5.56 Å². The number of aromatic carboxylic acids is 1. The summed E-state index contributed by atoms with van der Waals surface area (Å²) in [7, 11) is 1.61. The lowest BCUT2D eigenvalue weighted by Gasteiger charge is -2.09. The van der Waals surface area contributed by atoms with Gasteiger partial charge in [-0.3, -0.25) is 0 Å². The van der Waals surface area contributed by atoms with Crippen molar-refractivity contribution in [3.05, 3.63) is 71.5 Å². The van der Waals surface area contributed by atoms with Crippen LogP contribution in [0.1, 0.15) is 21.7 Å². The molecule has 2 aromatic carbocycles. The van der Waals surface area contributed by atoms with Gasteiger partial charge in [0.1, 0.15) is 5.75 Å². The summed E-state index contributed by atoms with van der Waals surface area (Å²) in [5.41, 5.74) is 4.52. The Bertz CT molecular complexity index is 877. The van der Waals surface area contributed by atoms with Gasteiger partial charge in [0.05, 0.1) is 12.7 Å². The summed E-state index contributed by atoms with van der Waals surface area (Å²) >= 11 is 0. The van der Waals surface area contributed by atoms with E-state index >= 15 is 0 Å². The maximum Gasteiger partial charge on any atom is 0.338 e. The van der Waals surface area contributed by atoms with Gasteiger partial charge >= 0.3 is 5.97 Å². The van der Waals surface area contributed by atoms with Crippen LogP contribution in [0, 0.1) is 13.8 Å². The van der Waals surface area contributed by atoms with E-state index in [-0.39, 0.29) is 0 Å². The Morgan fingerprint density at radius 2 is 1.58 bits per heavy atom. The van der Waals surface area contributed by atoms with Crippen molar-refractivity contribution in [1.29, 1.82) is 0 Å². The Kier molecular flexibility index (Phi) is 4.13. The zero-order valence-corrected chi connectivity index (χ0v) is 13.9. The van der Waals surface area contributed by atoms with Crippen LogP contribution >= 0.6 is 0 Å². The van der Waals surface area contributed by atoms with Gasteiger partial charge in [-0.1, -0.05) is 30.3 Å². The topological polar surface area (TPSA) is 51.5 Å². The Balaban J connectivity index is 2.27. The molecule has 24 heavy (non-hydrogen) atoms. The third-order valence-corrected chi connectivity index (χ3v) is 4.25. The summed E-state index contributed by atoms with van der Waals surface area (Å²) in [6, 6.07) is 17.3. The van der Waals surface area contributed by atoms with E-state index in [1.165, 1.54) is 0 Å². The summed E-state index contributed by atoms with van der Waals surface area (Å²) < 4.78 is 7.18. The first-order chi connectivity index (χ1) is 11.5. The Morgan fingerprint density at radius 3 is 2.12 bits per heavy atom. The molecule has 4 heteroatoms. The molecule has 1 heterocycles. The first-order valence-electron chi connectivity index (χ1n) is 7.69. The van der Waals surface area contributed by atoms with Crippen LogP contribution in [-0.4, -0.2) is 22.8 Å². The summed E-state index contributed by atoms with van der Waals surface area (Å²) in [5, 5.41) is 9.76. The predicted molar refractivity (Wildman–Crippen MR) is 94.2 cm³/mol. The highest BCUT2D eigenvalue weighted by molar-refractivity contribution is 5.99. The first-order valence-corrected chi connectivity index (χ1v) is 7.69. The normalized spacial score (nSPS) is 10.6. The van der Waals surface area contributed by atoms with E-state index in [0.717, 1.165) is 34.0 Å². The monoisotopic (exact) mass is 321 g/mol. The van der Waals surface area contributed by atoms with Gasteiger partial charge in [0, 0.05) is 22.6 Å². The van der Waals surface area contributed by atoms with Gasteiger partial charge in [-0.05, 0) is 43.7 Å². The standard InChI is InChI=1S/C20H19NO3/c1-13-18(15-9-11-17(24-3)12-10-15)19(20(22)23)14(2)21(13)16-7-5-4-6-8-16/h4-12H,1-3H3,(H,22,23). The molecule has 0 spiro atoms. The van der Waals surface area contributed by atoms with Crippen LogP contribution in [0.4, 0.5) is 0 Å². The van der Waals surface area contributed by atoms with Gasteiger partial charge in [0.25, 0.3) is 0 Å². The Labute approximate surface area is 140 Å². The van der Waals surface area contributed by atoms with Crippen molar-refractivity contribution in [2.45, 2.75) is 13.8 Å². The van der Waals surface area contributed by atoms with Crippen molar-refractivity contribution in [3.8, 4) is 22.6 Å². The molecule has 0 bridgehead atoms. The van der Waals surface area contributed by atoms with E-state index in [1.54, 1.807) is 7.11 Å². The van der Waals surface area contributed by atoms with Crippen molar-refractivity contribution >= 4 is 5.97 Å². The number of ether oxygens (including phenoxy) is 1. The fourth-order valence-electron chi connectivity index (χ4n) is 3.17.